The Morgan fingerprint density at radius 2 is 1.50 bits per heavy atom. The van der Waals surface area contributed by atoms with E-state index in [1.807, 2.05) is 30.3 Å². The molecule has 0 heterocycles. The van der Waals surface area contributed by atoms with Crippen molar-refractivity contribution in [3.8, 4) is 0 Å². The van der Waals surface area contributed by atoms with Gasteiger partial charge >= 0.3 is 0 Å². The van der Waals surface area contributed by atoms with Crippen LogP contribution in [-0.4, -0.2) is 24.9 Å². The molecule has 5 heteroatoms. The second-order valence-electron chi connectivity index (χ2n) is 4.22. The van der Waals surface area contributed by atoms with E-state index in [2.05, 4.69) is 9.98 Å². The molecule has 1 aliphatic rings. The Bertz CT molecular complexity index is 602. The number of benzene rings is 1. The number of hydrogen-bond acceptors (Lipinski definition) is 5. The van der Waals surface area contributed by atoms with E-state index in [0.29, 0.717) is 0 Å². The van der Waals surface area contributed by atoms with Crippen LogP contribution in [0.5, 0.6) is 0 Å². The van der Waals surface area contributed by atoms with Crippen molar-refractivity contribution in [2.75, 3.05) is 7.11 Å². The first-order valence-corrected chi connectivity index (χ1v) is 5.90. The summed E-state index contributed by atoms with van der Waals surface area (Å²) in [4.78, 5) is 28.0. The molecule has 0 aliphatic heterocycles. The summed E-state index contributed by atoms with van der Waals surface area (Å²) in [7, 11) is 1.57. The van der Waals surface area contributed by atoms with Crippen LogP contribution in [0, 0.1) is 0 Å². The highest BCUT2D eigenvalue weighted by Crippen LogP contribution is 2.35. The molecule has 0 unspecified atom stereocenters. The predicted octanol–water partition coefficient (Wildman–Crippen LogP) is 2.02. The minimum Gasteiger partial charge on any atom is -0.365 e. The second kappa shape index (κ2) is 5.59. The zero-order chi connectivity index (χ0) is 14.5. The fourth-order valence-corrected chi connectivity index (χ4v) is 2.07. The minimum atomic E-state index is -1.37. The molecule has 1 aliphatic carbocycles. The zero-order valence-corrected chi connectivity index (χ0v) is 10.8. The van der Waals surface area contributed by atoms with E-state index in [1.54, 1.807) is 19.3 Å². The summed E-state index contributed by atoms with van der Waals surface area (Å²) >= 11 is 0. The SMILES string of the molecule is COC1(c2ccccc2)C=CC(N=C=O)(N=C=O)C=C1. The molecule has 0 N–H and O–H groups in total. The molecule has 2 rings (SSSR count). The predicted molar refractivity (Wildman–Crippen MR) is 72.4 cm³/mol. The summed E-state index contributed by atoms with van der Waals surface area (Å²) in [6, 6.07) is 9.52. The standard InChI is InChI=1S/C15H12N2O3/c1-20-14(13-5-3-2-4-6-13)7-9-15(10-8-14,16-11-18)17-12-19/h2-10H,1H3. The number of methoxy groups -OCH3 is 1. The van der Waals surface area contributed by atoms with Crippen molar-refractivity contribution in [3.63, 3.8) is 0 Å². The number of aliphatic imine (C=N–C) groups is 2. The Morgan fingerprint density at radius 3 is 1.95 bits per heavy atom. The Balaban J connectivity index is 2.47. The highest BCUT2D eigenvalue weighted by Gasteiger charge is 2.35. The van der Waals surface area contributed by atoms with Crippen LogP contribution in [0.4, 0.5) is 0 Å². The van der Waals surface area contributed by atoms with Crippen LogP contribution in [-0.2, 0) is 19.9 Å². The molecule has 0 saturated heterocycles. The van der Waals surface area contributed by atoms with E-state index >= 15 is 0 Å². The summed E-state index contributed by atoms with van der Waals surface area (Å²) in [5.74, 6) is 0. The molecule has 0 amide bonds. The lowest BCUT2D eigenvalue weighted by Crippen LogP contribution is -2.31. The van der Waals surface area contributed by atoms with Gasteiger partial charge in [-0.1, -0.05) is 30.3 Å². The first kappa shape index (κ1) is 13.8. The van der Waals surface area contributed by atoms with Crippen LogP contribution in [0.2, 0.25) is 0 Å². The maximum Gasteiger partial charge on any atom is 0.238 e. The van der Waals surface area contributed by atoms with Gasteiger partial charge in [-0.15, -0.1) is 0 Å². The molecule has 0 atom stereocenters. The van der Waals surface area contributed by atoms with Gasteiger partial charge in [-0.25, -0.2) is 9.59 Å². The van der Waals surface area contributed by atoms with Gasteiger partial charge < -0.3 is 4.74 Å². The number of carbonyl (C=O) groups excluding carboxylic acids is 2. The molecule has 0 bridgehead atoms. The van der Waals surface area contributed by atoms with Crippen LogP contribution in [0.1, 0.15) is 5.56 Å². The maximum absolute atomic E-state index is 10.5. The quantitative estimate of drug-likeness (QED) is 0.476. The van der Waals surface area contributed by atoms with Crippen LogP contribution < -0.4 is 0 Å². The van der Waals surface area contributed by atoms with Crippen molar-refractivity contribution in [2.24, 2.45) is 9.98 Å². The second-order valence-corrected chi connectivity index (χ2v) is 4.22. The highest BCUT2D eigenvalue weighted by molar-refractivity contribution is 5.47. The Hall–Kier alpha value is -2.58. The Kier molecular flexibility index (Phi) is 3.87. The first-order chi connectivity index (χ1) is 9.70. The van der Waals surface area contributed by atoms with E-state index in [4.69, 9.17) is 4.74 Å². The van der Waals surface area contributed by atoms with E-state index in [-0.39, 0.29) is 0 Å². The van der Waals surface area contributed by atoms with Crippen molar-refractivity contribution in [2.45, 2.75) is 11.3 Å². The third kappa shape index (κ3) is 2.42. The van der Waals surface area contributed by atoms with Gasteiger partial charge in [-0.2, -0.15) is 9.98 Å². The molecule has 0 fully saturated rings. The molecule has 0 spiro atoms. The lowest BCUT2D eigenvalue weighted by Gasteiger charge is -2.31. The molecule has 0 aromatic heterocycles. The van der Waals surface area contributed by atoms with Crippen molar-refractivity contribution >= 4 is 12.2 Å². The monoisotopic (exact) mass is 268 g/mol. The summed E-state index contributed by atoms with van der Waals surface area (Å²) in [6.45, 7) is 0. The van der Waals surface area contributed by atoms with Crippen molar-refractivity contribution < 1.29 is 14.3 Å². The largest absolute Gasteiger partial charge is 0.365 e. The maximum atomic E-state index is 10.5. The number of isocyanates is 2. The molecule has 20 heavy (non-hydrogen) atoms. The van der Waals surface area contributed by atoms with Gasteiger partial charge in [0.05, 0.1) is 0 Å². The van der Waals surface area contributed by atoms with Gasteiger partial charge in [-0.3, -0.25) is 0 Å². The number of rotatable bonds is 4. The minimum absolute atomic E-state index is 0.776. The molecule has 100 valence electrons. The van der Waals surface area contributed by atoms with Gasteiger partial charge in [0.2, 0.25) is 17.8 Å². The molecule has 0 saturated carbocycles. The van der Waals surface area contributed by atoms with Gasteiger partial charge in [0.25, 0.3) is 0 Å². The summed E-state index contributed by atoms with van der Waals surface area (Å²) in [5.41, 5.74) is -1.24. The lowest BCUT2D eigenvalue weighted by atomic mass is 9.86. The lowest BCUT2D eigenvalue weighted by molar-refractivity contribution is 0.0699. The molecule has 1 aromatic carbocycles. The van der Waals surface area contributed by atoms with Crippen molar-refractivity contribution in [1.29, 1.82) is 0 Å². The molecule has 5 nitrogen and oxygen atoms in total. The average Bonchev–Trinajstić information content (AvgIpc) is 2.50. The van der Waals surface area contributed by atoms with Crippen LogP contribution in [0.15, 0.2) is 64.6 Å². The summed E-state index contributed by atoms with van der Waals surface area (Å²) in [5, 5.41) is 0. The fourth-order valence-electron chi connectivity index (χ4n) is 2.07. The van der Waals surface area contributed by atoms with Gasteiger partial charge in [0.15, 0.2) is 0 Å². The van der Waals surface area contributed by atoms with Crippen LogP contribution in [0.3, 0.4) is 0 Å². The van der Waals surface area contributed by atoms with E-state index < -0.39 is 11.3 Å². The highest BCUT2D eigenvalue weighted by atomic mass is 16.5. The van der Waals surface area contributed by atoms with E-state index in [9.17, 15) is 9.59 Å². The molecular formula is C15H12N2O3. The van der Waals surface area contributed by atoms with E-state index in [1.165, 1.54) is 24.3 Å². The van der Waals surface area contributed by atoms with Gasteiger partial charge in [0.1, 0.15) is 5.60 Å². The summed E-state index contributed by atoms with van der Waals surface area (Å²) in [6.07, 6.45) is 9.24. The molecular weight excluding hydrogens is 256 g/mol. The number of hydrogen-bond donors (Lipinski definition) is 0. The number of ether oxygens (including phenoxy) is 1. The third-order valence-corrected chi connectivity index (χ3v) is 3.16. The fraction of sp³-hybridized carbons (Fsp3) is 0.200. The van der Waals surface area contributed by atoms with E-state index in [0.717, 1.165) is 5.56 Å². The first-order valence-electron chi connectivity index (χ1n) is 5.90. The Morgan fingerprint density at radius 1 is 0.950 bits per heavy atom. The van der Waals surface area contributed by atoms with Crippen molar-refractivity contribution in [3.05, 3.63) is 60.2 Å². The molecule has 1 aromatic rings. The van der Waals surface area contributed by atoms with Crippen LogP contribution in [0.25, 0.3) is 0 Å². The smallest absolute Gasteiger partial charge is 0.238 e. The Labute approximate surface area is 116 Å². The normalized spacial score (nSPS) is 27.4. The topological polar surface area (TPSA) is 68.1 Å². The van der Waals surface area contributed by atoms with Crippen LogP contribution >= 0.6 is 0 Å². The van der Waals surface area contributed by atoms with Crippen molar-refractivity contribution in [1.82, 2.24) is 0 Å². The zero-order valence-electron chi connectivity index (χ0n) is 10.8. The molecule has 0 radical (unpaired) electrons. The average molecular weight is 268 g/mol. The third-order valence-electron chi connectivity index (χ3n) is 3.16. The summed E-state index contributed by atoms with van der Waals surface area (Å²) < 4.78 is 5.56. The van der Waals surface area contributed by atoms with Gasteiger partial charge in [0, 0.05) is 7.11 Å². The van der Waals surface area contributed by atoms with Gasteiger partial charge in [-0.05, 0) is 29.9 Å². The number of nitrogens with zero attached hydrogens (tertiary/aromatic N) is 2.